The lowest BCUT2D eigenvalue weighted by Gasteiger charge is -2.41. The summed E-state index contributed by atoms with van der Waals surface area (Å²) in [5.74, 6) is -2.95. The highest BCUT2D eigenvalue weighted by molar-refractivity contribution is 6.10. The standard InChI is InChI=1S/C30H30F2N2O2/c1-3-21(35)18-29(2)23-11-4-5-13-25(23)34(28(29)36)20-14-16-33(17-15-20)27-22-10-6-8-19-9-7-12-24(26(19)22)30(27,31)32/h4-13,20,27H,3,14-18H2,1-2H3/t27-,29-/m0/s1. The Bertz CT molecular complexity index is 1370. The number of likely N-dealkylation sites (tertiary alicyclic amines) is 1. The number of para-hydroxylation sites is 1. The maximum Gasteiger partial charge on any atom is 0.293 e. The Morgan fingerprint density at radius 3 is 2.36 bits per heavy atom. The molecule has 1 amide bonds. The first-order valence-corrected chi connectivity index (χ1v) is 12.9. The summed E-state index contributed by atoms with van der Waals surface area (Å²) in [7, 11) is 0. The second kappa shape index (κ2) is 8.20. The Labute approximate surface area is 209 Å². The summed E-state index contributed by atoms with van der Waals surface area (Å²) in [6.45, 7) is 4.65. The average molecular weight is 489 g/mol. The Hall–Kier alpha value is -3.12. The van der Waals surface area contributed by atoms with E-state index in [9.17, 15) is 9.59 Å². The van der Waals surface area contributed by atoms with Gasteiger partial charge in [-0.1, -0.05) is 61.5 Å². The number of carbonyl (C=O) groups is 2. The molecule has 6 rings (SSSR count). The number of benzene rings is 3. The number of piperidine rings is 1. The van der Waals surface area contributed by atoms with Crippen LogP contribution in [0.25, 0.3) is 10.8 Å². The topological polar surface area (TPSA) is 40.6 Å². The van der Waals surface area contributed by atoms with Gasteiger partial charge in [0.15, 0.2) is 0 Å². The van der Waals surface area contributed by atoms with Crippen LogP contribution >= 0.6 is 0 Å². The van der Waals surface area contributed by atoms with Crippen LogP contribution in [-0.2, 0) is 20.9 Å². The number of hydrogen-bond donors (Lipinski definition) is 0. The van der Waals surface area contributed by atoms with Crippen molar-refractivity contribution in [2.24, 2.45) is 0 Å². The first-order chi connectivity index (χ1) is 17.3. The molecule has 0 spiro atoms. The summed E-state index contributed by atoms with van der Waals surface area (Å²) >= 11 is 0. The maximum atomic E-state index is 15.7. The van der Waals surface area contributed by atoms with Crippen LogP contribution in [-0.4, -0.2) is 35.7 Å². The molecule has 0 saturated carbocycles. The zero-order valence-electron chi connectivity index (χ0n) is 20.6. The zero-order valence-corrected chi connectivity index (χ0v) is 20.6. The number of hydrogen-bond acceptors (Lipinski definition) is 3. The Morgan fingerprint density at radius 1 is 0.972 bits per heavy atom. The predicted octanol–water partition coefficient (Wildman–Crippen LogP) is 6.12. The summed E-state index contributed by atoms with van der Waals surface area (Å²) in [5.41, 5.74) is 1.68. The summed E-state index contributed by atoms with van der Waals surface area (Å²) in [6, 6.07) is 17.4. The third kappa shape index (κ3) is 3.20. The van der Waals surface area contributed by atoms with Crippen LogP contribution in [0, 0.1) is 0 Å². The maximum absolute atomic E-state index is 15.7. The summed E-state index contributed by atoms with van der Waals surface area (Å²) < 4.78 is 31.5. The van der Waals surface area contributed by atoms with Crippen LogP contribution in [0.15, 0.2) is 60.7 Å². The number of halogens is 2. The molecule has 0 aromatic heterocycles. The van der Waals surface area contributed by atoms with Crippen LogP contribution in [0.1, 0.15) is 62.3 Å². The highest BCUT2D eigenvalue weighted by Crippen LogP contribution is 2.55. The molecule has 2 heterocycles. The summed E-state index contributed by atoms with van der Waals surface area (Å²) in [5, 5.41) is 1.53. The number of alkyl halides is 2. The van der Waals surface area contributed by atoms with E-state index in [0.717, 1.165) is 16.6 Å². The molecule has 0 radical (unpaired) electrons. The number of ketones is 1. The third-order valence-electron chi connectivity index (χ3n) is 8.56. The van der Waals surface area contributed by atoms with Gasteiger partial charge in [-0.2, -0.15) is 8.78 Å². The lowest BCUT2D eigenvalue weighted by atomic mass is 9.79. The molecule has 0 N–H and O–H groups in total. The first kappa shape index (κ1) is 23.3. The van der Waals surface area contributed by atoms with Gasteiger partial charge in [0.05, 0.1) is 5.41 Å². The molecule has 2 aliphatic heterocycles. The van der Waals surface area contributed by atoms with Gasteiger partial charge >= 0.3 is 0 Å². The number of rotatable bonds is 5. The summed E-state index contributed by atoms with van der Waals surface area (Å²) in [4.78, 5) is 29.9. The van der Waals surface area contributed by atoms with Crippen molar-refractivity contribution < 1.29 is 18.4 Å². The fourth-order valence-electron chi connectivity index (χ4n) is 6.74. The average Bonchev–Trinajstić information content (AvgIpc) is 3.25. The molecule has 0 bridgehead atoms. The van der Waals surface area contributed by atoms with E-state index in [1.54, 1.807) is 12.1 Å². The van der Waals surface area contributed by atoms with Crippen LogP contribution in [0.3, 0.4) is 0 Å². The largest absolute Gasteiger partial charge is 0.308 e. The first-order valence-electron chi connectivity index (χ1n) is 12.9. The van der Waals surface area contributed by atoms with Gasteiger partial charge in [-0.05, 0) is 47.7 Å². The Balaban J connectivity index is 1.27. The fourth-order valence-corrected chi connectivity index (χ4v) is 6.74. The number of carbonyl (C=O) groups excluding carboxylic acids is 2. The van der Waals surface area contributed by atoms with Crippen LogP contribution in [0.5, 0.6) is 0 Å². The molecule has 2 atom stereocenters. The number of amides is 1. The van der Waals surface area contributed by atoms with E-state index < -0.39 is 17.4 Å². The molecule has 1 aliphatic carbocycles. The zero-order chi connectivity index (χ0) is 25.2. The molecular formula is C30H30F2N2O2. The lowest BCUT2D eigenvalue weighted by molar-refractivity contribution is -0.128. The SMILES string of the molecule is CCC(=O)C[C@]1(C)C(=O)N(C2CCN([C@H]3c4cccc5cccc(c45)C3(F)F)CC2)c2ccccc21. The van der Waals surface area contributed by atoms with Crippen molar-refractivity contribution in [3.8, 4) is 0 Å². The van der Waals surface area contributed by atoms with E-state index in [2.05, 4.69) is 0 Å². The normalized spacial score (nSPS) is 25.5. The molecule has 3 aromatic rings. The second-order valence-corrected chi connectivity index (χ2v) is 10.6. The smallest absolute Gasteiger partial charge is 0.293 e. The van der Waals surface area contributed by atoms with Crippen molar-refractivity contribution in [3.63, 3.8) is 0 Å². The van der Waals surface area contributed by atoms with Crippen LogP contribution < -0.4 is 4.90 Å². The molecular weight excluding hydrogens is 458 g/mol. The quantitative estimate of drug-likeness (QED) is 0.434. The predicted molar refractivity (Wildman–Crippen MR) is 136 cm³/mol. The molecule has 4 nitrogen and oxygen atoms in total. The number of Topliss-reactive ketones (excluding diaryl/α,β-unsaturated/α-hetero) is 1. The van der Waals surface area contributed by atoms with Gasteiger partial charge in [0, 0.05) is 43.2 Å². The number of nitrogens with zero attached hydrogens (tertiary/aromatic N) is 2. The lowest BCUT2D eigenvalue weighted by Crippen LogP contribution is -2.51. The van der Waals surface area contributed by atoms with E-state index in [-0.39, 0.29) is 29.7 Å². The molecule has 6 heteroatoms. The molecule has 36 heavy (non-hydrogen) atoms. The molecule has 3 aromatic carbocycles. The van der Waals surface area contributed by atoms with Gasteiger partial charge in [-0.15, -0.1) is 0 Å². The van der Waals surface area contributed by atoms with Crippen molar-refractivity contribution in [1.82, 2.24) is 4.90 Å². The molecule has 3 aliphatic rings. The van der Waals surface area contributed by atoms with Crippen molar-refractivity contribution in [2.75, 3.05) is 18.0 Å². The van der Waals surface area contributed by atoms with Gasteiger partial charge in [0.25, 0.3) is 5.92 Å². The highest BCUT2D eigenvalue weighted by atomic mass is 19.3. The third-order valence-corrected chi connectivity index (χ3v) is 8.56. The van der Waals surface area contributed by atoms with Crippen molar-refractivity contribution in [3.05, 3.63) is 77.4 Å². The van der Waals surface area contributed by atoms with Gasteiger partial charge < -0.3 is 4.90 Å². The van der Waals surface area contributed by atoms with E-state index in [1.807, 2.05) is 72.2 Å². The minimum Gasteiger partial charge on any atom is -0.308 e. The van der Waals surface area contributed by atoms with E-state index in [4.69, 9.17) is 0 Å². The number of anilines is 1. The molecule has 0 unspecified atom stereocenters. The molecule has 186 valence electrons. The Kier molecular flexibility index (Phi) is 5.31. The second-order valence-electron chi connectivity index (χ2n) is 10.6. The number of fused-ring (bicyclic) bond motifs is 1. The van der Waals surface area contributed by atoms with Crippen molar-refractivity contribution >= 4 is 28.2 Å². The van der Waals surface area contributed by atoms with E-state index in [1.165, 1.54) is 0 Å². The minimum absolute atomic E-state index is 0.0488. The van der Waals surface area contributed by atoms with Crippen LogP contribution in [0.4, 0.5) is 14.5 Å². The monoisotopic (exact) mass is 488 g/mol. The van der Waals surface area contributed by atoms with Gasteiger partial charge in [0.2, 0.25) is 5.91 Å². The highest BCUT2D eigenvalue weighted by Gasteiger charge is 2.54. The van der Waals surface area contributed by atoms with E-state index in [0.29, 0.717) is 43.3 Å². The molecule has 1 saturated heterocycles. The van der Waals surface area contributed by atoms with Crippen molar-refractivity contribution in [1.29, 1.82) is 0 Å². The van der Waals surface area contributed by atoms with Crippen molar-refractivity contribution in [2.45, 2.75) is 63.0 Å². The van der Waals surface area contributed by atoms with Gasteiger partial charge in [-0.25, -0.2) is 0 Å². The fraction of sp³-hybridized carbons (Fsp3) is 0.400. The summed E-state index contributed by atoms with van der Waals surface area (Å²) in [6.07, 6.45) is 1.80. The van der Waals surface area contributed by atoms with Crippen LogP contribution in [0.2, 0.25) is 0 Å². The van der Waals surface area contributed by atoms with Gasteiger partial charge in [-0.3, -0.25) is 14.5 Å². The Morgan fingerprint density at radius 2 is 1.64 bits per heavy atom. The molecule has 1 fully saturated rings. The van der Waals surface area contributed by atoms with Gasteiger partial charge in [0.1, 0.15) is 11.8 Å². The van der Waals surface area contributed by atoms with E-state index >= 15 is 8.78 Å². The minimum atomic E-state index is -2.97.